The van der Waals surface area contributed by atoms with Crippen LogP contribution in [0.3, 0.4) is 0 Å². The quantitative estimate of drug-likeness (QED) is 0.736. The predicted molar refractivity (Wildman–Crippen MR) is 75.5 cm³/mol. The van der Waals surface area contributed by atoms with Crippen molar-refractivity contribution in [2.45, 2.75) is 20.3 Å². The zero-order valence-electron chi connectivity index (χ0n) is 11.7. The number of primary amides is 1. The van der Waals surface area contributed by atoms with Crippen LogP contribution in [0.15, 0.2) is 18.2 Å². The van der Waals surface area contributed by atoms with E-state index in [0.29, 0.717) is 12.3 Å². The summed E-state index contributed by atoms with van der Waals surface area (Å²) >= 11 is 0. The molecule has 110 valence electrons. The van der Waals surface area contributed by atoms with Crippen LogP contribution in [0.25, 0.3) is 0 Å². The highest BCUT2D eigenvalue weighted by Crippen LogP contribution is 2.19. The molecular weight excluding hydrogens is 261 g/mol. The van der Waals surface area contributed by atoms with Crippen LogP contribution in [-0.4, -0.2) is 18.4 Å². The Morgan fingerprint density at radius 1 is 1.35 bits per heavy atom. The third kappa shape index (κ3) is 4.31. The molecule has 0 saturated carbocycles. The third-order valence-corrected chi connectivity index (χ3v) is 2.92. The molecule has 5 N–H and O–H groups in total. The molecule has 0 aliphatic carbocycles. The number of amides is 2. The van der Waals surface area contributed by atoms with Gasteiger partial charge in [0.15, 0.2) is 0 Å². The van der Waals surface area contributed by atoms with Crippen molar-refractivity contribution in [3.63, 3.8) is 0 Å². The van der Waals surface area contributed by atoms with Crippen LogP contribution in [0.5, 0.6) is 0 Å². The predicted octanol–water partition coefficient (Wildman–Crippen LogP) is 1.48. The maximum Gasteiger partial charge on any atom is 0.248 e. The molecule has 1 aromatic carbocycles. The first-order valence-electron chi connectivity index (χ1n) is 6.45. The first-order valence-corrected chi connectivity index (χ1v) is 6.45. The van der Waals surface area contributed by atoms with Crippen LogP contribution in [0.2, 0.25) is 0 Å². The lowest BCUT2D eigenvalue weighted by atomic mass is 9.96. The van der Waals surface area contributed by atoms with Crippen LogP contribution in [0.4, 0.5) is 10.1 Å². The topological polar surface area (TPSA) is 98.2 Å². The highest BCUT2D eigenvalue weighted by molar-refractivity contribution is 5.97. The monoisotopic (exact) mass is 281 g/mol. The molecule has 1 rings (SSSR count). The largest absolute Gasteiger partial charge is 0.366 e. The van der Waals surface area contributed by atoms with Gasteiger partial charge in [0.2, 0.25) is 11.8 Å². The first kappa shape index (κ1) is 16.1. The van der Waals surface area contributed by atoms with Crippen molar-refractivity contribution in [1.82, 2.24) is 0 Å². The van der Waals surface area contributed by atoms with E-state index in [9.17, 15) is 14.0 Å². The first-order chi connectivity index (χ1) is 9.35. The summed E-state index contributed by atoms with van der Waals surface area (Å²) in [6.45, 7) is 4.13. The normalized spacial score (nSPS) is 12.2. The van der Waals surface area contributed by atoms with Crippen LogP contribution in [-0.2, 0) is 4.79 Å². The fourth-order valence-electron chi connectivity index (χ4n) is 1.89. The van der Waals surface area contributed by atoms with Gasteiger partial charge in [0.25, 0.3) is 0 Å². The number of nitrogens with one attached hydrogen (secondary N) is 1. The molecule has 0 aromatic heterocycles. The molecule has 1 unspecified atom stereocenters. The van der Waals surface area contributed by atoms with E-state index in [1.807, 2.05) is 13.8 Å². The van der Waals surface area contributed by atoms with Gasteiger partial charge in [-0.15, -0.1) is 0 Å². The van der Waals surface area contributed by atoms with Gasteiger partial charge in [-0.05, 0) is 30.5 Å². The number of anilines is 1. The second-order valence-electron chi connectivity index (χ2n) is 5.11. The van der Waals surface area contributed by atoms with E-state index < -0.39 is 17.6 Å². The number of rotatable bonds is 6. The molecule has 2 amide bonds. The Hall–Kier alpha value is -1.95. The molecule has 5 nitrogen and oxygen atoms in total. The SMILES string of the molecule is CC(C)CC(CN)C(=O)Nc1cc(C(N)=O)ccc1F. The summed E-state index contributed by atoms with van der Waals surface area (Å²) < 4.78 is 13.6. The molecule has 0 fully saturated rings. The minimum Gasteiger partial charge on any atom is -0.366 e. The Balaban J connectivity index is 2.88. The number of nitrogens with two attached hydrogens (primary N) is 2. The summed E-state index contributed by atoms with van der Waals surface area (Å²) in [6.07, 6.45) is 0.611. The van der Waals surface area contributed by atoms with Crippen LogP contribution in [0.1, 0.15) is 30.6 Å². The van der Waals surface area contributed by atoms with E-state index in [2.05, 4.69) is 5.32 Å². The number of benzene rings is 1. The van der Waals surface area contributed by atoms with Gasteiger partial charge in [-0.3, -0.25) is 9.59 Å². The highest BCUT2D eigenvalue weighted by Gasteiger charge is 2.19. The summed E-state index contributed by atoms with van der Waals surface area (Å²) in [5.74, 6) is -1.76. The maximum atomic E-state index is 13.6. The number of hydrogen-bond acceptors (Lipinski definition) is 3. The summed E-state index contributed by atoms with van der Waals surface area (Å²) in [7, 11) is 0. The molecule has 0 aliphatic rings. The second kappa shape index (κ2) is 7.00. The molecule has 0 spiro atoms. The second-order valence-corrected chi connectivity index (χ2v) is 5.11. The molecule has 1 atom stereocenters. The lowest BCUT2D eigenvalue weighted by Gasteiger charge is -2.17. The zero-order chi connectivity index (χ0) is 15.3. The lowest BCUT2D eigenvalue weighted by molar-refractivity contribution is -0.120. The number of halogens is 1. The average molecular weight is 281 g/mol. The van der Waals surface area contributed by atoms with Gasteiger partial charge >= 0.3 is 0 Å². The Morgan fingerprint density at radius 3 is 2.50 bits per heavy atom. The number of carbonyl (C=O) groups is 2. The van der Waals surface area contributed by atoms with Crippen molar-refractivity contribution >= 4 is 17.5 Å². The molecule has 0 aliphatic heterocycles. The van der Waals surface area contributed by atoms with E-state index >= 15 is 0 Å². The molecule has 6 heteroatoms. The van der Waals surface area contributed by atoms with Crippen LogP contribution in [0, 0.1) is 17.7 Å². The summed E-state index contributed by atoms with van der Waals surface area (Å²) in [5, 5.41) is 2.46. The van der Waals surface area contributed by atoms with Crippen molar-refractivity contribution in [3.8, 4) is 0 Å². The van der Waals surface area contributed by atoms with Crippen LogP contribution < -0.4 is 16.8 Å². The maximum absolute atomic E-state index is 13.6. The Kier molecular flexibility index (Phi) is 5.64. The number of hydrogen-bond donors (Lipinski definition) is 3. The molecule has 20 heavy (non-hydrogen) atoms. The third-order valence-electron chi connectivity index (χ3n) is 2.92. The van der Waals surface area contributed by atoms with Gasteiger partial charge in [0.1, 0.15) is 5.82 Å². The van der Waals surface area contributed by atoms with Crippen molar-refractivity contribution in [2.24, 2.45) is 23.3 Å². The summed E-state index contributed by atoms with van der Waals surface area (Å²) in [4.78, 5) is 23.1. The fourth-order valence-corrected chi connectivity index (χ4v) is 1.89. The van der Waals surface area contributed by atoms with Gasteiger partial charge < -0.3 is 16.8 Å². The van der Waals surface area contributed by atoms with Crippen molar-refractivity contribution in [1.29, 1.82) is 0 Å². The van der Waals surface area contributed by atoms with E-state index in [1.165, 1.54) is 12.1 Å². The van der Waals surface area contributed by atoms with Gasteiger partial charge in [0, 0.05) is 12.1 Å². The van der Waals surface area contributed by atoms with E-state index in [4.69, 9.17) is 11.5 Å². The standard InChI is InChI=1S/C14H20FN3O2/c1-8(2)5-10(7-16)14(20)18-12-6-9(13(17)19)3-4-11(12)15/h3-4,6,8,10H,5,7,16H2,1-2H3,(H2,17,19)(H,18,20). The minimum atomic E-state index is -0.682. The minimum absolute atomic E-state index is 0.0616. The van der Waals surface area contributed by atoms with Gasteiger partial charge in [0.05, 0.1) is 11.6 Å². The molecule has 0 saturated heterocycles. The lowest BCUT2D eigenvalue weighted by Crippen LogP contribution is -2.30. The highest BCUT2D eigenvalue weighted by atomic mass is 19.1. The van der Waals surface area contributed by atoms with Gasteiger partial charge in [-0.1, -0.05) is 13.8 Å². The summed E-state index contributed by atoms with van der Waals surface area (Å²) in [5.41, 5.74) is 10.8. The molecule has 0 radical (unpaired) electrons. The van der Waals surface area contributed by atoms with Gasteiger partial charge in [-0.2, -0.15) is 0 Å². The van der Waals surface area contributed by atoms with E-state index in [0.717, 1.165) is 6.07 Å². The fraction of sp³-hybridized carbons (Fsp3) is 0.429. The number of carbonyl (C=O) groups excluding carboxylic acids is 2. The van der Waals surface area contributed by atoms with Gasteiger partial charge in [-0.25, -0.2) is 4.39 Å². The zero-order valence-corrected chi connectivity index (χ0v) is 11.7. The molecule has 1 aromatic rings. The smallest absolute Gasteiger partial charge is 0.248 e. The molecular formula is C14H20FN3O2. The van der Waals surface area contributed by atoms with E-state index in [-0.39, 0.29) is 23.7 Å². The average Bonchev–Trinajstić information content (AvgIpc) is 2.37. The Labute approximate surface area is 117 Å². The molecule has 0 heterocycles. The summed E-state index contributed by atoms with van der Waals surface area (Å²) in [6, 6.07) is 3.58. The van der Waals surface area contributed by atoms with Crippen molar-refractivity contribution in [2.75, 3.05) is 11.9 Å². The van der Waals surface area contributed by atoms with Crippen molar-refractivity contribution < 1.29 is 14.0 Å². The Bertz CT molecular complexity index is 503. The van der Waals surface area contributed by atoms with E-state index in [1.54, 1.807) is 0 Å². The van der Waals surface area contributed by atoms with Crippen LogP contribution >= 0.6 is 0 Å². The van der Waals surface area contributed by atoms with Crippen molar-refractivity contribution in [3.05, 3.63) is 29.6 Å². The Morgan fingerprint density at radius 2 is 2.00 bits per heavy atom. The molecule has 0 bridgehead atoms.